The number of fused-ring (bicyclic) bond motifs is 1. The molecular weight excluding hydrogens is 545 g/mol. The topological polar surface area (TPSA) is 143 Å². The number of amidine groups is 1. The number of ether oxygens (including phenoxy) is 2. The summed E-state index contributed by atoms with van der Waals surface area (Å²) in [7, 11) is 0. The van der Waals surface area contributed by atoms with E-state index in [1.165, 1.54) is 6.07 Å². The summed E-state index contributed by atoms with van der Waals surface area (Å²) in [6.07, 6.45) is -1.70. The molecule has 1 saturated carbocycles. The number of nitrogens with two attached hydrogens (primary N) is 1. The molecular formula is C28H29F3N4O6. The summed E-state index contributed by atoms with van der Waals surface area (Å²) in [6.45, 7) is -0.740. The molecule has 1 heterocycles. The minimum absolute atomic E-state index is 0.0957. The van der Waals surface area contributed by atoms with E-state index in [9.17, 15) is 32.3 Å². The number of carbonyl (C=O) groups is 4. The number of benzene rings is 2. The highest BCUT2D eigenvalue weighted by Gasteiger charge is 2.42. The average Bonchev–Trinajstić information content (AvgIpc) is 3.04. The maximum atomic E-state index is 13.6. The molecule has 0 spiro atoms. The second-order valence-electron chi connectivity index (χ2n) is 9.87. The Balaban J connectivity index is 1.58. The standard InChI is InChI=1S/C28H29F3N4O6/c29-28(30,31)27(39)41-24(37)11-12-34-15-23(36)35(19-7-2-1-3-8-19)22-10-9-20(14-21(22)26(34)38)40-16-17-5-4-6-18(13-17)25(32)33/h4-6,9-10,13-14,19H,1-3,7-8,11-12,15-16H2,(H3,32,33). The van der Waals surface area contributed by atoms with Crippen molar-refractivity contribution in [3.8, 4) is 5.75 Å². The molecule has 0 saturated heterocycles. The number of alkyl halides is 3. The Bertz CT molecular complexity index is 1360. The van der Waals surface area contributed by atoms with Crippen LogP contribution in [0.3, 0.4) is 0 Å². The quantitative estimate of drug-likeness (QED) is 0.212. The molecule has 0 atom stereocenters. The molecule has 10 nitrogen and oxygen atoms in total. The van der Waals surface area contributed by atoms with Gasteiger partial charge < -0.3 is 25.0 Å². The van der Waals surface area contributed by atoms with Gasteiger partial charge >= 0.3 is 18.1 Å². The summed E-state index contributed by atoms with van der Waals surface area (Å²) in [5.41, 5.74) is 7.33. The number of carbonyl (C=O) groups excluding carboxylic acids is 4. The van der Waals surface area contributed by atoms with Gasteiger partial charge in [-0.1, -0.05) is 37.5 Å². The molecule has 3 N–H and O–H groups in total. The first-order chi connectivity index (χ1) is 19.4. The van der Waals surface area contributed by atoms with Crippen molar-refractivity contribution in [1.29, 1.82) is 5.41 Å². The molecule has 2 aromatic carbocycles. The van der Waals surface area contributed by atoms with Gasteiger partial charge in [-0.25, -0.2) is 4.79 Å². The van der Waals surface area contributed by atoms with Gasteiger partial charge in [0.25, 0.3) is 5.91 Å². The summed E-state index contributed by atoms with van der Waals surface area (Å²) in [4.78, 5) is 52.6. The van der Waals surface area contributed by atoms with E-state index in [0.717, 1.165) is 42.6 Å². The van der Waals surface area contributed by atoms with E-state index in [1.54, 1.807) is 41.3 Å². The number of halogens is 3. The molecule has 1 aliphatic carbocycles. The van der Waals surface area contributed by atoms with Crippen LogP contribution in [-0.2, 0) is 25.7 Å². The van der Waals surface area contributed by atoms with E-state index < -0.39 is 49.4 Å². The van der Waals surface area contributed by atoms with Crippen molar-refractivity contribution >= 4 is 35.3 Å². The fraction of sp³-hybridized carbons (Fsp3) is 0.393. The molecule has 0 unspecified atom stereocenters. The number of amides is 2. The van der Waals surface area contributed by atoms with Crippen molar-refractivity contribution in [2.24, 2.45) is 5.73 Å². The van der Waals surface area contributed by atoms with Crippen LogP contribution in [0.5, 0.6) is 5.75 Å². The van der Waals surface area contributed by atoms with Crippen LogP contribution in [0.15, 0.2) is 42.5 Å². The molecule has 0 bridgehead atoms. The summed E-state index contributed by atoms with van der Waals surface area (Å²) in [6, 6.07) is 11.5. The molecule has 4 rings (SSSR count). The fourth-order valence-corrected chi connectivity index (χ4v) is 4.96. The zero-order valence-corrected chi connectivity index (χ0v) is 22.0. The number of nitrogen functional groups attached to an aromatic ring is 1. The molecule has 1 fully saturated rings. The molecule has 2 amide bonds. The highest BCUT2D eigenvalue weighted by molar-refractivity contribution is 6.10. The highest BCUT2D eigenvalue weighted by Crippen LogP contribution is 2.35. The van der Waals surface area contributed by atoms with Gasteiger partial charge in [0.05, 0.1) is 17.7 Å². The van der Waals surface area contributed by atoms with Gasteiger partial charge in [-0.05, 0) is 42.7 Å². The molecule has 218 valence electrons. The van der Waals surface area contributed by atoms with E-state index in [0.29, 0.717) is 17.0 Å². The van der Waals surface area contributed by atoms with Gasteiger partial charge in [0, 0.05) is 18.2 Å². The van der Waals surface area contributed by atoms with Crippen LogP contribution in [0.4, 0.5) is 18.9 Å². The van der Waals surface area contributed by atoms with E-state index in [4.69, 9.17) is 15.9 Å². The number of anilines is 1. The van der Waals surface area contributed by atoms with Crippen LogP contribution in [0.2, 0.25) is 0 Å². The van der Waals surface area contributed by atoms with Crippen LogP contribution in [-0.4, -0.2) is 59.8 Å². The summed E-state index contributed by atoms with van der Waals surface area (Å²) in [5, 5.41) is 7.60. The van der Waals surface area contributed by atoms with Crippen LogP contribution < -0.4 is 15.4 Å². The lowest BCUT2D eigenvalue weighted by Gasteiger charge is -2.34. The lowest BCUT2D eigenvalue weighted by molar-refractivity contribution is -0.201. The van der Waals surface area contributed by atoms with Crippen molar-refractivity contribution in [1.82, 2.24) is 4.90 Å². The summed E-state index contributed by atoms with van der Waals surface area (Å²) in [5.74, 6) is -4.90. The number of hydrogen-bond acceptors (Lipinski definition) is 7. The van der Waals surface area contributed by atoms with Crippen molar-refractivity contribution < 1.29 is 41.8 Å². The summed E-state index contributed by atoms with van der Waals surface area (Å²) < 4.78 is 47.1. The van der Waals surface area contributed by atoms with Crippen LogP contribution in [0.1, 0.15) is 60.0 Å². The number of nitrogens with one attached hydrogen (secondary N) is 1. The van der Waals surface area contributed by atoms with Gasteiger partial charge in [0.15, 0.2) is 0 Å². The molecule has 2 aliphatic rings. The maximum absolute atomic E-state index is 13.6. The molecule has 1 aliphatic heterocycles. The maximum Gasteiger partial charge on any atom is 0.491 e. The third-order valence-corrected chi connectivity index (χ3v) is 6.95. The Hall–Kier alpha value is -4.42. The highest BCUT2D eigenvalue weighted by atomic mass is 19.4. The van der Waals surface area contributed by atoms with E-state index in [2.05, 4.69) is 4.74 Å². The van der Waals surface area contributed by atoms with E-state index >= 15 is 0 Å². The second-order valence-corrected chi connectivity index (χ2v) is 9.87. The zero-order valence-electron chi connectivity index (χ0n) is 22.0. The third-order valence-electron chi connectivity index (χ3n) is 6.95. The van der Waals surface area contributed by atoms with Gasteiger partial charge in [-0.2, -0.15) is 13.2 Å². The number of hydrogen-bond donors (Lipinski definition) is 2. The minimum Gasteiger partial charge on any atom is -0.489 e. The predicted molar refractivity (Wildman–Crippen MR) is 140 cm³/mol. The van der Waals surface area contributed by atoms with Gasteiger partial charge in [0.1, 0.15) is 24.7 Å². The lowest BCUT2D eigenvalue weighted by atomic mass is 9.93. The average molecular weight is 575 g/mol. The first-order valence-electron chi connectivity index (χ1n) is 13.1. The monoisotopic (exact) mass is 574 g/mol. The van der Waals surface area contributed by atoms with E-state index in [1.807, 2.05) is 0 Å². The zero-order chi connectivity index (χ0) is 29.7. The molecule has 0 aromatic heterocycles. The fourth-order valence-electron chi connectivity index (χ4n) is 4.96. The van der Waals surface area contributed by atoms with Gasteiger partial charge in [0.2, 0.25) is 5.91 Å². The molecule has 13 heteroatoms. The molecule has 2 aromatic rings. The number of esters is 2. The predicted octanol–water partition coefficient (Wildman–Crippen LogP) is 3.69. The number of nitrogens with zero attached hydrogens (tertiary/aromatic N) is 2. The van der Waals surface area contributed by atoms with Crippen molar-refractivity contribution in [3.63, 3.8) is 0 Å². The first kappa shape index (κ1) is 29.6. The normalized spacial score (nSPS) is 16.2. The smallest absolute Gasteiger partial charge is 0.489 e. The number of rotatable bonds is 8. The summed E-state index contributed by atoms with van der Waals surface area (Å²) >= 11 is 0. The minimum atomic E-state index is -5.34. The SMILES string of the molecule is N=C(N)c1cccc(COc2ccc3c(c2)C(=O)N(CCC(=O)OC(=O)C(F)(F)F)CC(=O)N3C2CCCCC2)c1. The Morgan fingerprint density at radius 1 is 1.05 bits per heavy atom. The third kappa shape index (κ3) is 7.21. The van der Waals surface area contributed by atoms with Crippen molar-refractivity contribution in [3.05, 3.63) is 59.2 Å². The largest absolute Gasteiger partial charge is 0.491 e. The van der Waals surface area contributed by atoms with Crippen molar-refractivity contribution in [2.75, 3.05) is 18.0 Å². The van der Waals surface area contributed by atoms with Gasteiger partial charge in [-0.15, -0.1) is 0 Å². The molecule has 0 radical (unpaired) electrons. The van der Waals surface area contributed by atoms with E-state index in [-0.39, 0.29) is 24.0 Å². The van der Waals surface area contributed by atoms with Crippen LogP contribution >= 0.6 is 0 Å². The second kappa shape index (κ2) is 12.4. The van der Waals surface area contributed by atoms with Crippen molar-refractivity contribution in [2.45, 2.75) is 57.3 Å². The first-order valence-corrected chi connectivity index (χ1v) is 13.1. The Kier molecular flexibility index (Phi) is 8.94. The Labute approximate surface area is 233 Å². The Morgan fingerprint density at radius 2 is 1.78 bits per heavy atom. The van der Waals surface area contributed by atoms with Crippen LogP contribution in [0, 0.1) is 5.41 Å². The Morgan fingerprint density at radius 3 is 2.46 bits per heavy atom. The molecule has 41 heavy (non-hydrogen) atoms. The van der Waals surface area contributed by atoms with Gasteiger partial charge in [-0.3, -0.25) is 19.8 Å². The van der Waals surface area contributed by atoms with Crippen LogP contribution in [0.25, 0.3) is 0 Å². The lowest BCUT2D eigenvalue weighted by Crippen LogP contribution is -2.45.